The predicted molar refractivity (Wildman–Crippen MR) is 183 cm³/mol. The van der Waals surface area contributed by atoms with Crippen molar-refractivity contribution < 1.29 is 14.0 Å². The van der Waals surface area contributed by atoms with E-state index in [4.69, 9.17) is 14.0 Å². The van der Waals surface area contributed by atoms with Crippen molar-refractivity contribution in [1.29, 1.82) is 0 Å². The van der Waals surface area contributed by atoms with Crippen LogP contribution in [0.15, 0.2) is 162 Å². The molecule has 0 amide bonds. The van der Waals surface area contributed by atoms with Crippen LogP contribution in [0.5, 0.6) is 0 Å². The van der Waals surface area contributed by atoms with E-state index in [0.717, 1.165) is 65.7 Å². The first-order chi connectivity index (χ1) is 24.2. The molecule has 43 heavy (non-hydrogen) atoms. The molecule has 1 heteroatoms. The summed E-state index contributed by atoms with van der Waals surface area (Å²) in [6.07, 6.45) is 0. The Morgan fingerprint density at radius 3 is 1.72 bits per heavy atom. The van der Waals surface area contributed by atoms with Crippen LogP contribution in [0.3, 0.4) is 0 Å². The quantitative estimate of drug-likeness (QED) is 0.198. The minimum Gasteiger partial charge on any atom is -0.456 e. The normalized spacial score (nSPS) is 14.0. The Hall–Kier alpha value is -5.66. The minimum atomic E-state index is -0.467. The van der Waals surface area contributed by atoms with Crippen LogP contribution < -0.4 is 0 Å². The third kappa shape index (κ3) is 3.72. The second-order valence-corrected chi connectivity index (χ2v) is 10.7. The Labute approximate surface area is 259 Å². The van der Waals surface area contributed by atoms with E-state index in [2.05, 4.69) is 42.5 Å². The smallest absolute Gasteiger partial charge is 0.135 e. The van der Waals surface area contributed by atoms with Gasteiger partial charge in [-0.3, -0.25) is 0 Å². The summed E-state index contributed by atoms with van der Waals surface area (Å²) in [4.78, 5) is 0. The van der Waals surface area contributed by atoms with E-state index in [1.54, 1.807) is 6.07 Å². The maximum Gasteiger partial charge on any atom is 0.135 e. The van der Waals surface area contributed by atoms with Crippen LogP contribution in [0.1, 0.15) is 9.60 Å². The van der Waals surface area contributed by atoms with E-state index in [-0.39, 0.29) is 46.5 Å². The first kappa shape index (κ1) is 18.0. The van der Waals surface area contributed by atoms with Crippen molar-refractivity contribution in [1.82, 2.24) is 0 Å². The molecule has 0 unspecified atom stereocenters. The van der Waals surface area contributed by atoms with Crippen LogP contribution in [-0.4, -0.2) is 0 Å². The van der Waals surface area contributed by atoms with Crippen molar-refractivity contribution in [3.63, 3.8) is 0 Å². The van der Waals surface area contributed by atoms with Gasteiger partial charge >= 0.3 is 0 Å². The van der Waals surface area contributed by atoms with E-state index in [1.165, 1.54) is 0 Å². The molecular weight excluding hydrogens is 520 g/mol. The van der Waals surface area contributed by atoms with Gasteiger partial charge in [-0.1, -0.05) is 133 Å². The molecule has 0 radical (unpaired) electrons. The Kier molecular flexibility index (Phi) is 3.95. The Morgan fingerprint density at radius 2 is 0.977 bits per heavy atom. The van der Waals surface area contributed by atoms with Gasteiger partial charge in [-0.15, -0.1) is 0 Å². The molecule has 1 aromatic heterocycles. The molecule has 1 nitrogen and oxygen atoms in total. The fourth-order valence-electron chi connectivity index (χ4n) is 6.49. The summed E-state index contributed by atoms with van der Waals surface area (Å²) in [5, 5.41) is 6.30. The van der Waals surface area contributed by atoms with Crippen molar-refractivity contribution in [2.45, 2.75) is 0 Å². The monoisotopic (exact) mass is 553 g/mol. The lowest BCUT2D eigenvalue weighted by atomic mass is 9.85. The van der Waals surface area contributed by atoms with Gasteiger partial charge in [-0.05, 0) is 90.0 Å². The van der Waals surface area contributed by atoms with Crippen LogP contribution in [0.2, 0.25) is 0 Å². The average molecular weight is 554 g/mol. The number of hydrogen-bond donors (Lipinski definition) is 0. The van der Waals surface area contributed by atoms with E-state index < -0.39 is 12.1 Å². The highest BCUT2D eigenvalue weighted by atomic mass is 16.3. The predicted octanol–water partition coefficient (Wildman–Crippen LogP) is 12.0. The summed E-state index contributed by atoms with van der Waals surface area (Å²) in [5.74, 6) is 0. The summed E-state index contributed by atoms with van der Waals surface area (Å²) in [6.45, 7) is 0. The Bertz CT molecular complexity index is 2840. The molecule has 0 aliphatic rings. The minimum absolute atomic E-state index is 0.0555. The zero-order chi connectivity index (χ0) is 34.4. The van der Waals surface area contributed by atoms with E-state index >= 15 is 0 Å². The molecule has 0 bridgehead atoms. The maximum absolute atomic E-state index is 8.94. The molecule has 0 aliphatic heterocycles. The molecule has 8 aromatic carbocycles. The number of fused-ring (bicyclic) bond motifs is 6. The topological polar surface area (TPSA) is 13.1 Å². The Morgan fingerprint density at radius 1 is 0.395 bits per heavy atom. The first-order valence-electron chi connectivity index (χ1n) is 17.7. The summed E-state index contributed by atoms with van der Waals surface area (Å²) in [7, 11) is 0. The van der Waals surface area contributed by atoms with E-state index in [9.17, 15) is 0 Å². The molecule has 9 rings (SSSR count). The van der Waals surface area contributed by atoms with Gasteiger partial charge in [0.25, 0.3) is 0 Å². The molecule has 0 fully saturated rings. The van der Waals surface area contributed by atoms with Gasteiger partial charge in [0.15, 0.2) is 0 Å². The van der Waals surface area contributed by atoms with Gasteiger partial charge in [-0.25, -0.2) is 0 Å². The molecule has 0 aliphatic carbocycles. The standard InChI is InChI=1S/C42H26O/c1-2-15-31-27(11-1)12-10-21-32(31)28-13-9-14-29(25-28)41-34-17-3-5-19-36(34)42(37-20-6-4-18-35(37)41)30-23-24-40-38(26-30)33-16-7-8-22-39(33)43-40/h1-26H/i1D,2D,10D,11D,12D,15D,21D. The van der Waals surface area contributed by atoms with Gasteiger partial charge in [-0.2, -0.15) is 0 Å². The first-order valence-corrected chi connectivity index (χ1v) is 14.2. The largest absolute Gasteiger partial charge is 0.456 e. The highest BCUT2D eigenvalue weighted by Gasteiger charge is 2.18. The number of rotatable bonds is 3. The number of benzene rings is 8. The molecule has 0 N–H and O–H groups in total. The highest BCUT2D eigenvalue weighted by Crippen LogP contribution is 2.45. The highest BCUT2D eigenvalue weighted by molar-refractivity contribution is 6.22. The van der Waals surface area contributed by atoms with E-state index in [0.29, 0.717) is 5.56 Å². The zero-order valence-electron chi connectivity index (χ0n) is 29.9. The van der Waals surface area contributed by atoms with Crippen molar-refractivity contribution in [2.75, 3.05) is 0 Å². The number of para-hydroxylation sites is 1. The Balaban J connectivity index is 1.34. The van der Waals surface area contributed by atoms with Crippen LogP contribution in [0.25, 0.3) is 87.6 Å². The van der Waals surface area contributed by atoms with Crippen LogP contribution in [0.4, 0.5) is 0 Å². The lowest BCUT2D eigenvalue weighted by molar-refractivity contribution is 0.669. The number of furan rings is 1. The SMILES string of the molecule is [2H]c1c([2H])c([2H])c2c(-c3cccc(-c4c5ccccc5c(-c5ccc6oc7ccccc7c6c5)c5ccccc45)c3)c([2H])c([2H])c([2H])c2c1[2H]. The molecule has 0 atom stereocenters. The molecule has 1 heterocycles. The zero-order valence-corrected chi connectivity index (χ0v) is 22.9. The van der Waals surface area contributed by atoms with Crippen molar-refractivity contribution in [3.05, 3.63) is 158 Å². The molecule has 200 valence electrons. The average Bonchev–Trinajstić information content (AvgIpc) is 3.52. The summed E-state index contributed by atoms with van der Waals surface area (Å²) in [5.41, 5.74) is 6.42. The molecule has 0 saturated carbocycles. The van der Waals surface area contributed by atoms with Crippen LogP contribution >= 0.6 is 0 Å². The summed E-state index contributed by atoms with van der Waals surface area (Å²) < 4.78 is 66.2. The maximum atomic E-state index is 8.94. The fraction of sp³-hybridized carbons (Fsp3) is 0. The van der Waals surface area contributed by atoms with Crippen molar-refractivity contribution in [3.8, 4) is 33.4 Å². The van der Waals surface area contributed by atoms with E-state index in [1.807, 2.05) is 66.7 Å². The lowest BCUT2D eigenvalue weighted by Gasteiger charge is -2.18. The third-order valence-electron chi connectivity index (χ3n) is 8.35. The van der Waals surface area contributed by atoms with Gasteiger partial charge in [0.05, 0.1) is 9.60 Å². The van der Waals surface area contributed by atoms with Gasteiger partial charge in [0, 0.05) is 10.8 Å². The molecule has 0 spiro atoms. The van der Waals surface area contributed by atoms with Gasteiger partial charge < -0.3 is 4.42 Å². The fourth-order valence-corrected chi connectivity index (χ4v) is 6.49. The lowest BCUT2D eigenvalue weighted by Crippen LogP contribution is -1.91. The third-order valence-corrected chi connectivity index (χ3v) is 8.35. The second kappa shape index (κ2) is 9.44. The van der Waals surface area contributed by atoms with Crippen molar-refractivity contribution >= 4 is 54.3 Å². The molecule has 9 aromatic rings. The van der Waals surface area contributed by atoms with Gasteiger partial charge in [0.2, 0.25) is 0 Å². The molecule has 0 saturated heterocycles. The van der Waals surface area contributed by atoms with Crippen LogP contribution in [0, 0.1) is 0 Å². The van der Waals surface area contributed by atoms with Gasteiger partial charge in [0.1, 0.15) is 11.2 Å². The number of hydrogen-bond acceptors (Lipinski definition) is 1. The van der Waals surface area contributed by atoms with Crippen LogP contribution in [-0.2, 0) is 0 Å². The summed E-state index contributed by atoms with van der Waals surface area (Å²) >= 11 is 0. The van der Waals surface area contributed by atoms with Crippen molar-refractivity contribution in [2.24, 2.45) is 0 Å². The molecular formula is C42H26O. The second-order valence-electron chi connectivity index (χ2n) is 10.7. The summed E-state index contributed by atoms with van der Waals surface area (Å²) in [6, 6.07) is 36.0.